The van der Waals surface area contributed by atoms with E-state index in [2.05, 4.69) is 12.2 Å². The molecule has 0 spiro atoms. The molecule has 1 atom stereocenters. The minimum absolute atomic E-state index is 0.0456. The lowest BCUT2D eigenvalue weighted by Crippen LogP contribution is -2.40. The Morgan fingerprint density at radius 1 is 1.17 bits per heavy atom. The molecule has 0 saturated carbocycles. The highest BCUT2D eigenvalue weighted by Gasteiger charge is 2.36. The SMILES string of the molecule is C/C=C/CCCCCCCCCC(=O)C1=[N+](CC(O)CS(=O)(=O)O)CCN1CCO. The minimum Gasteiger partial charge on any atom is -0.392 e. The van der Waals surface area contributed by atoms with Gasteiger partial charge in [0, 0.05) is 6.42 Å². The zero-order valence-corrected chi connectivity index (χ0v) is 19.0. The predicted molar refractivity (Wildman–Crippen MR) is 117 cm³/mol. The quantitative estimate of drug-likeness (QED) is 0.134. The van der Waals surface area contributed by atoms with Crippen molar-refractivity contribution in [1.29, 1.82) is 0 Å². The summed E-state index contributed by atoms with van der Waals surface area (Å²) in [6.45, 7) is 3.22. The van der Waals surface area contributed by atoms with E-state index >= 15 is 0 Å². The van der Waals surface area contributed by atoms with Crippen molar-refractivity contribution in [3.8, 4) is 0 Å². The van der Waals surface area contributed by atoms with Crippen LogP contribution in [-0.2, 0) is 14.9 Å². The molecule has 1 unspecified atom stereocenters. The van der Waals surface area contributed by atoms with Crippen LogP contribution >= 0.6 is 0 Å². The number of aliphatic hydroxyl groups is 2. The number of carbonyl (C=O) groups excluding carboxylic acids is 1. The zero-order valence-electron chi connectivity index (χ0n) is 18.2. The number of hydrogen-bond acceptors (Lipinski definition) is 6. The Hall–Kier alpha value is -1.29. The van der Waals surface area contributed by atoms with Gasteiger partial charge in [-0.2, -0.15) is 8.42 Å². The highest BCUT2D eigenvalue weighted by atomic mass is 32.2. The molecular formula is C21H39N2O6S+. The number of Topliss-reactive ketones (excluding diaryl/α,β-unsaturated/α-hetero) is 1. The molecule has 8 nitrogen and oxygen atoms in total. The normalized spacial score (nSPS) is 16.1. The molecule has 0 amide bonds. The first kappa shape index (κ1) is 26.7. The Morgan fingerprint density at radius 2 is 1.80 bits per heavy atom. The maximum atomic E-state index is 12.8. The number of β-amino-alcohol motifs (C(OH)–C–C–N with tert-alkyl or cyclic N) is 2. The van der Waals surface area contributed by atoms with E-state index in [1.165, 1.54) is 25.7 Å². The average molecular weight is 448 g/mol. The minimum atomic E-state index is -4.29. The maximum Gasteiger partial charge on any atom is 0.316 e. The fraction of sp³-hybridized carbons (Fsp3) is 0.810. The largest absolute Gasteiger partial charge is 0.392 e. The monoisotopic (exact) mass is 447 g/mol. The van der Waals surface area contributed by atoms with Crippen LogP contribution < -0.4 is 0 Å². The van der Waals surface area contributed by atoms with Crippen molar-refractivity contribution >= 4 is 21.7 Å². The molecule has 0 aromatic rings. The number of carbonyl (C=O) groups is 1. The first-order chi connectivity index (χ1) is 14.3. The molecule has 0 aliphatic carbocycles. The molecule has 1 rings (SSSR count). The number of nitrogens with zero attached hydrogens (tertiary/aromatic N) is 2. The second-order valence-electron chi connectivity index (χ2n) is 7.89. The molecule has 30 heavy (non-hydrogen) atoms. The number of amidine groups is 1. The smallest absolute Gasteiger partial charge is 0.316 e. The number of hydrogen-bond donors (Lipinski definition) is 3. The van der Waals surface area contributed by atoms with E-state index in [1.54, 1.807) is 9.48 Å². The van der Waals surface area contributed by atoms with E-state index in [9.17, 15) is 23.4 Å². The highest BCUT2D eigenvalue weighted by molar-refractivity contribution is 7.85. The standard InChI is InChI=1S/C21H38N2O6S/c1-2-3-4-5-6-7-8-9-10-11-12-20(26)21-22(15-16-24)13-14-23(21)17-19(25)18-30(27,28)29/h2-3,19,24-25H,4-18H2,1H3/p+1/b3-2+. The van der Waals surface area contributed by atoms with Gasteiger partial charge < -0.3 is 10.2 Å². The second kappa shape index (κ2) is 14.7. The lowest BCUT2D eigenvalue weighted by molar-refractivity contribution is -0.525. The second-order valence-corrected chi connectivity index (χ2v) is 9.39. The summed E-state index contributed by atoms with van der Waals surface area (Å²) in [7, 11) is -4.29. The van der Waals surface area contributed by atoms with Crippen molar-refractivity contribution in [2.24, 2.45) is 0 Å². The van der Waals surface area contributed by atoms with Gasteiger partial charge in [-0.25, -0.2) is 0 Å². The van der Waals surface area contributed by atoms with Crippen LogP contribution in [0, 0.1) is 0 Å². The fourth-order valence-corrected chi connectivity index (χ4v) is 4.37. The molecule has 3 N–H and O–H groups in total. The van der Waals surface area contributed by atoms with Gasteiger partial charge in [-0.05, 0) is 26.2 Å². The van der Waals surface area contributed by atoms with Crippen LogP contribution in [0.25, 0.3) is 0 Å². The van der Waals surface area contributed by atoms with Gasteiger partial charge in [-0.3, -0.25) is 18.8 Å². The summed E-state index contributed by atoms with van der Waals surface area (Å²) in [6, 6.07) is 0. The van der Waals surface area contributed by atoms with E-state index in [4.69, 9.17) is 4.55 Å². The van der Waals surface area contributed by atoms with Crippen molar-refractivity contribution in [3.05, 3.63) is 12.2 Å². The summed E-state index contributed by atoms with van der Waals surface area (Å²) >= 11 is 0. The Labute approximate surface area is 181 Å². The molecule has 9 heteroatoms. The fourth-order valence-electron chi connectivity index (χ4n) is 3.78. The molecule has 0 saturated heterocycles. The lowest BCUT2D eigenvalue weighted by atomic mass is 10.1. The zero-order chi connectivity index (χ0) is 22.4. The number of rotatable bonds is 17. The van der Waals surface area contributed by atoms with Crippen molar-refractivity contribution in [1.82, 2.24) is 4.90 Å². The summed E-state index contributed by atoms with van der Waals surface area (Å²) in [5.74, 6) is -0.381. The Bertz CT molecular complexity index is 675. The van der Waals surface area contributed by atoms with Gasteiger partial charge in [-0.15, -0.1) is 0 Å². The van der Waals surface area contributed by atoms with Crippen LogP contribution in [0.15, 0.2) is 12.2 Å². The maximum absolute atomic E-state index is 12.8. The third kappa shape index (κ3) is 11.2. The molecule has 0 fully saturated rings. The van der Waals surface area contributed by atoms with E-state index in [0.717, 1.165) is 25.7 Å². The van der Waals surface area contributed by atoms with Gasteiger partial charge in [0.1, 0.15) is 38.0 Å². The van der Waals surface area contributed by atoms with E-state index < -0.39 is 22.0 Å². The molecule has 174 valence electrons. The summed E-state index contributed by atoms with van der Waals surface area (Å²) in [5.41, 5.74) is 0. The molecule has 1 aliphatic rings. The van der Waals surface area contributed by atoms with Crippen LogP contribution in [0.1, 0.15) is 64.7 Å². The van der Waals surface area contributed by atoms with Crippen LogP contribution in [-0.4, -0.2) is 88.9 Å². The van der Waals surface area contributed by atoms with Crippen molar-refractivity contribution < 1.29 is 32.6 Å². The van der Waals surface area contributed by atoms with Crippen LogP contribution in [0.2, 0.25) is 0 Å². The lowest BCUT2D eigenvalue weighted by Gasteiger charge is -2.13. The number of unbranched alkanes of at least 4 members (excludes halogenated alkanes) is 7. The first-order valence-electron chi connectivity index (χ1n) is 11.0. The Balaban J connectivity index is 2.47. The van der Waals surface area contributed by atoms with Gasteiger partial charge in [0.2, 0.25) is 5.78 Å². The molecule has 0 aromatic heterocycles. The van der Waals surface area contributed by atoms with Crippen molar-refractivity contribution in [2.75, 3.05) is 38.5 Å². The number of aliphatic hydroxyl groups excluding tert-OH is 2. The molecule has 0 bridgehead atoms. The first-order valence-corrected chi connectivity index (χ1v) is 12.6. The van der Waals surface area contributed by atoms with Crippen LogP contribution in [0.3, 0.4) is 0 Å². The van der Waals surface area contributed by atoms with Crippen LogP contribution in [0.4, 0.5) is 0 Å². The van der Waals surface area contributed by atoms with Gasteiger partial charge in [-0.1, -0.05) is 44.3 Å². The Kier molecular flexibility index (Phi) is 13.1. The summed E-state index contributed by atoms with van der Waals surface area (Å²) in [6.07, 6.45) is 12.2. The van der Waals surface area contributed by atoms with Gasteiger partial charge in [0.25, 0.3) is 10.1 Å². The van der Waals surface area contributed by atoms with Crippen molar-refractivity contribution in [2.45, 2.75) is 70.8 Å². The topological polar surface area (TPSA) is 118 Å². The molecular weight excluding hydrogens is 408 g/mol. The van der Waals surface area contributed by atoms with E-state index in [0.29, 0.717) is 31.9 Å². The van der Waals surface area contributed by atoms with Gasteiger partial charge >= 0.3 is 5.84 Å². The van der Waals surface area contributed by atoms with Crippen molar-refractivity contribution in [3.63, 3.8) is 0 Å². The van der Waals surface area contributed by atoms with E-state index in [-0.39, 0.29) is 18.9 Å². The molecule has 0 radical (unpaired) electrons. The third-order valence-corrected chi connectivity index (χ3v) is 6.01. The number of allylic oxidation sites excluding steroid dienone is 2. The summed E-state index contributed by atoms with van der Waals surface area (Å²) < 4.78 is 32.5. The molecule has 1 aliphatic heterocycles. The Morgan fingerprint density at radius 3 is 2.40 bits per heavy atom. The van der Waals surface area contributed by atoms with Crippen LogP contribution in [0.5, 0.6) is 0 Å². The van der Waals surface area contributed by atoms with Gasteiger partial charge in [0.05, 0.1) is 6.61 Å². The van der Waals surface area contributed by atoms with Gasteiger partial charge in [0.15, 0.2) is 0 Å². The number of ketones is 1. The predicted octanol–water partition coefficient (Wildman–Crippen LogP) is 1.61. The third-order valence-electron chi connectivity index (χ3n) is 5.20. The average Bonchev–Trinajstić information content (AvgIpc) is 3.04. The summed E-state index contributed by atoms with van der Waals surface area (Å²) in [5, 5.41) is 19.2. The molecule has 1 heterocycles. The molecule has 0 aromatic carbocycles. The van der Waals surface area contributed by atoms with E-state index in [1.807, 2.05) is 6.92 Å². The summed E-state index contributed by atoms with van der Waals surface area (Å²) in [4.78, 5) is 14.6. The highest BCUT2D eigenvalue weighted by Crippen LogP contribution is 2.12.